The van der Waals surface area contributed by atoms with Crippen LogP contribution in [0.3, 0.4) is 0 Å². The van der Waals surface area contributed by atoms with E-state index in [9.17, 15) is 4.79 Å². The normalized spacial score (nSPS) is 10.6. The molecule has 0 fully saturated rings. The molecular formula is C21H18N4O4S. The van der Waals surface area contributed by atoms with Crippen LogP contribution in [-0.4, -0.2) is 47.4 Å². The number of thiazole rings is 1. The summed E-state index contributed by atoms with van der Waals surface area (Å²) in [5.41, 5.74) is 5.94. The van der Waals surface area contributed by atoms with Gasteiger partial charge in [0, 0.05) is 27.6 Å². The van der Waals surface area contributed by atoms with Crippen LogP contribution in [0.4, 0.5) is 0 Å². The molecule has 0 N–H and O–H groups in total. The zero-order chi connectivity index (χ0) is 21.1. The van der Waals surface area contributed by atoms with E-state index < -0.39 is 0 Å². The van der Waals surface area contributed by atoms with Crippen molar-refractivity contribution in [1.82, 2.24) is 19.7 Å². The Morgan fingerprint density at radius 3 is 2.50 bits per heavy atom. The lowest BCUT2D eigenvalue weighted by Crippen LogP contribution is -2.04. The first-order chi connectivity index (χ1) is 14.7. The van der Waals surface area contributed by atoms with Crippen molar-refractivity contribution in [2.45, 2.75) is 0 Å². The average molecular weight is 422 g/mol. The summed E-state index contributed by atoms with van der Waals surface area (Å²) in [6, 6.07) is 7.42. The molecule has 0 saturated carbocycles. The number of rotatable bonds is 7. The van der Waals surface area contributed by atoms with E-state index in [1.807, 2.05) is 23.6 Å². The summed E-state index contributed by atoms with van der Waals surface area (Å²) in [5, 5.41) is 6.25. The second-order valence-electron chi connectivity index (χ2n) is 6.17. The van der Waals surface area contributed by atoms with E-state index in [1.54, 1.807) is 22.6 Å². The summed E-state index contributed by atoms with van der Waals surface area (Å²) in [4.78, 5) is 20.4. The fourth-order valence-corrected chi connectivity index (χ4v) is 3.89. The highest BCUT2D eigenvalue weighted by molar-refractivity contribution is 7.07. The number of benzene rings is 2. The lowest BCUT2D eigenvalue weighted by atomic mass is 9.95. The summed E-state index contributed by atoms with van der Waals surface area (Å²) in [5.74, 6) is 1.19. The molecule has 9 heteroatoms. The predicted molar refractivity (Wildman–Crippen MR) is 113 cm³/mol. The number of carbonyl (C=O) groups is 1. The number of carbonyl (C=O) groups excluding carboxylic acids is 1. The van der Waals surface area contributed by atoms with Gasteiger partial charge in [-0.1, -0.05) is 12.1 Å². The van der Waals surface area contributed by atoms with Crippen molar-refractivity contribution in [3.05, 3.63) is 53.4 Å². The maximum absolute atomic E-state index is 12.0. The topological polar surface area (TPSA) is 88.4 Å². The van der Waals surface area contributed by atoms with Crippen molar-refractivity contribution in [1.29, 1.82) is 0 Å². The van der Waals surface area contributed by atoms with Gasteiger partial charge >= 0.3 is 0 Å². The lowest BCUT2D eigenvalue weighted by molar-refractivity contribution is 0.112. The second kappa shape index (κ2) is 8.34. The molecule has 0 bridgehead atoms. The smallest absolute Gasteiger partial charge is 0.203 e. The van der Waals surface area contributed by atoms with Crippen LogP contribution in [0.15, 0.2) is 47.8 Å². The SMILES string of the molecule is COc1cc(C=O)c(-c2ccc(-c3cscn3)cc2-n2cncn2)c(OC)c1OC. The average Bonchev–Trinajstić information content (AvgIpc) is 3.51. The van der Waals surface area contributed by atoms with Gasteiger partial charge in [0.05, 0.1) is 38.2 Å². The Kier molecular flexibility index (Phi) is 5.44. The molecule has 4 rings (SSSR count). The quantitative estimate of drug-likeness (QED) is 0.417. The van der Waals surface area contributed by atoms with Crippen LogP contribution in [0.2, 0.25) is 0 Å². The maximum atomic E-state index is 12.0. The van der Waals surface area contributed by atoms with Gasteiger partial charge in [-0.25, -0.2) is 14.6 Å². The third kappa shape index (κ3) is 3.29. The van der Waals surface area contributed by atoms with E-state index in [-0.39, 0.29) is 0 Å². The van der Waals surface area contributed by atoms with E-state index >= 15 is 0 Å². The van der Waals surface area contributed by atoms with E-state index in [0.29, 0.717) is 34.1 Å². The Balaban J connectivity index is 2.04. The first-order valence-corrected chi connectivity index (χ1v) is 9.82. The third-order valence-corrected chi connectivity index (χ3v) is 5.23. The molecular weight excluding hydrogens is 404 g/mol. The molecule has 0 unspecified atom stereocenters. The number of aromatic nitrogens is 4. The second-order valence-corrected chi connectivity index (χ2v) is 6.89. The molecule has 2 aromatic heterocycles. The van der Waals surface area contributed by atoms with Crippen LogP contribution in [0.1, 0.15) is 10.4 Å². The van der Waals surface area contributed by atoms with E-state index in [0.717, 1.165) is 23.1 Å². The van der Waals surface area contributed by atoms with E-state index in [1.165, 1.54) is 39.0 Å². The van der Waals surface area contributed by atoms with Gasteiger partial charge in [0.2, 0.25) is 5.75 Å². The van der Waals surface area contributed by atoms with Gasteiger partial charge in [-0.2, -0.15) is 5.10 Å². The fourth-order valence-electron chi connectivity index (χ4n) is 3.33. The van der Waals surface area contributed by atoms with Crippen molar-refractivity contribution in [3.63, 3.8) is 0 Å². The summed E-state index contributed by atoms with van der Waals surface area (Å²) < 4.78 is 18.2. The number of hydrogen-bond acceptors (Lipinski definition) is 8. The molecule has 4 aromatic rings. The van der Waals surface area contributed by atoms with Crippen LogP contribution in [0.25, 0.3) is 28.1 Å². The molecule has 2 heterocycles. The predicted octanol–water partition coefficient (Wildman–Crippen LogP) is 3.90. The van der Waals surface area contributed by atoms with Gasteiger partial charge < -0.3 is 14.2 Å². The van der Waals surface area contributed by atoms with Gasteiger partial charge in [0.1, 0.15) is 12.7 Å². The molecule has 0 spiro atoms. The van der Waals surface area contributed by atoms with Crippen molar-refractivity contribution >= 4 is 17.6 Å². The van der Waals surface area contributed by atoms with Crippen molar-refractivity contribution < 1.29 is 19.0 Å². The highest BCUT2D eigenvalue weighted by Crippen LogP contribution is 2.48. The molecule has 8 nitrogen and oxygen atoms in total. The van der Waals surface area contributed by atoms with Crippen LogP contribution >= 0.6 is 11.3 Å². The molecule has 30 heavy (non-hydrogen) atoms. The van der Waals surface area contributed by atoms with Crippen LogP contribution in [0.5, 0.6) is 17.2 Å². The Morgan fingerprint density at radius 1 is 1.07 bits per heavy atom. The number of methoxy groups -OCH3 is 3. The van der Waals surface area contributed by atoms with Crippen LogP contribution in [0, 0.1) is 0 Å². The first kappa shape index (κ1) is 19.6. The van der Waals surface area contributed by atoms with Crippen LogP contribution in [-0.2, 0) is 0 Å². The monoisotopic (exact) mass is 422 g/mol. The minimum atomic E-state index is 0.390. The Bertz CT molecular complexity index is 1170. The van der Waals surface area contributed by atoms with Gasteiger partial charge in [-0.3, -0.25) is 4.79 Å². The molecule has 2 aromatic carbocycles. The molecule has 0 aliphatic carbocycles. The number of hydrogen-bond donors (Lipinski definition) is 0. The third-order valence-electron chi connectivity index (χ3n) is 4.65. The van der Waals surface area contributed by atoms with Gasteiger partial charge in [-0.05, 0) is 12.1 Å². The van der Waals surface area contributed by atoms with Crippen LogP contribution < -0.4 is 14.2 Å². The zero-order valence-electron chi connectivity index (χ0n) is 16.5. The molecule has 0 amide bonds. The number of aldehydes is 1. The molecule has 0 aliphatic heterocycles. The Hall–Kier alpha value is -3.72. The molecule has 0 saturated heterocycles. The minimum absolute atomic E-state index is 0.390. The molecule has 0 aliphatic rings. The molecule has 0 atom stereocenters. The Morgan fingerprint density at radius 2 is 1.90 bits per heavy atom. The van der Waals surface area contributed by atoms with Gasteiger partial charge in [-0.15, -0.1) is 11.3 Å². The highest BCUT2D eigenvalue weighted by Gasteiger charge is 2.24. The molecule has 0 radical (unpaired) electrons. The molecule has 152 valence electrons. The standard InChI is InChI=1S/C21H18N4O4S/c1-27-18-7-14(8-26)19(21(29-3)20(18)28-2)15-5-4-13(16-9-30-12-23-16)6-17(15)25-11-22-10-24-25/h4-12H,1-3H3. The van der Waals surface area contributed by atoms with Crippen molar-refractivity contribution in [2.75, 3.05) is 21.3 Å². The number of nitrogens with zero attached hydrogens (tertiary/aromatic N) is 4. The van der Waals surface area contributed by atoms with Gasteiger partial charge in [0.25, 0.3) is 0 Å². The minimum Gasteiger partial charge on any atom is -0.493 e. The summed E-state index contributed by atoms with van der Waals surface area (Å²) in [7, 11) is 4.55. The largest absolute Gasteiger partial charge is 0.493 e. The number of ether oxygens (including phenoxy) is 3. The highest BCUT2D eigenvalue weighted by atomic mass is 32.1. The summed E-state index contributed by atoms with van der Waals surface area (Å²) in [6.45, 7) is 0. The lowest BCUT2D eigenvalue weighted by Gasteiger charge is -2.20. The van der Waals surface area contributed by atoms with Crippen molar-refractivity contribution in [3.8, 4) is 45.3 Å². The first-order valence-electron chi connectivity index (χ1n) is 8.88. The summed E-state index contributed by atoms with van der Waals surface area (Å²) >= 11 is 1.52. The summed E-state index contributed by atoms with van der Waals surface area (Å²) in [6.07, 6.45) is 3.81. The van der Waals surface area contributed by atoms with Gasteiger partial charge in [0.15, 0.2) is 17.8 Å². The fraction of sp³-hybridized carbons (Fsp3) is 0.143. The van der Waals surface area contributed by atoms with E-state index in [2.05, 4.69) is 15.1 Å². The maximum Gasteiger partial charge on any atom is 0.203 e. The Labute approximate surface area is 176 Å². The van der Waals surface area contributed by atoms with Crippen molar-refractivity contribution in [2.24, 2.45) is 0 Å². The van der Waals surface area contributed by atoms with E-state index in [4.69, 9.17) is 14.2 Å². The zero-order valence-corrected chi connectivity index (χ0v) is 17.3.